The van der Waals surface area contributed by atoms with E-state index >= 15 is 0 Å². The van der Waals surface area contributed by atoms with Gasteiger partial charge in [-0.05, 0) is 24.3 Å². The molecule has 0 bridgehead atoms. The van der Waals surface area contributed by atoms with E-state index in [-0.39, 0.29) is 22.5 Å². The lowest BCUT2D eigenvalue weighted by Gasteiger charge is -2.09. The Hall–Kier alpha value is -4.19. The number of esters is 3. The fraction of sp³-hybridized carbons (Fsp3) is 0.150. The number of anilines is 1. The number of benzene rings is 1. The smallest absolute Gasteiger partial charge is 0.358 e. The molecule has 0 aliphatic carbocycles. The Morgan fingerprint density at radius 2 is 1.56 bits per heavy atom. The maximum absolute atomic E-state index is 12.2. The van der Waals surface area contributed by atoms with Crippen LogP contribution in [0.5, 0.6) is 0 Å². The normalized spacial score (nSPS) is 10.2. The van der Waals surface area contributed by atoms with Gasteiger partial charge in [-0.2, -0.15) is 0 Å². The fourth-order valence-electron chi connectivity index (χ4n) is 2.45. The number of hydrogen-bond donors (Lipinski definition) is 1. The molecule has 0 saturated heterocycles. The molecule has 2 aromatic heterocycles. The summed E-state index contributed by atoms with van der Waals surface area (Å²) in [5.41, 5.74) is 0.180. The van der Waals surface area contributed by atoms with Gasteiger partial charge >= 0.3 is 17.9 Å². The molecular weight excluding hydrogens is 440 g/mol. The molecule has 32 heavy (non-hydrogen) atoms. The summed E-state index contributed by atoms with van der Waals surface area (Å²) in [7, 11) is 2.36. The third kappa shape index (κ3) is 5.49. The van der Waals surface area contributed by atoms with Gasteiger partial charge in [0.15, 0.2) is 23.1 Å². The standard InChI is InChI=1S/C20H16N4O7S/c1-29-18(26)11-6-12(19(27)30-2)8-13(7-11)23-15(25)9-31-20(28)14-10-32-17(24-14)16-21-4-3-5-22-16/h3-8,10H,9H2,1-2H3,(H,23,25). The van der Waals surface area contributed by atoms with Crippen molar-refractivity contribution >= 4 is 40.8 Å². The third-order valence-electron chi connectivity index (χ3n) is 3.86. The summed E-state index contributed by atoms with van der Waals surface area (Å²) in [6, 6.07) is 5.54. The number of methoxy groups -OCH3 is 2. The highest BCUT2D eigenvalue weighted by Gasteiger charge is 2.18. The van der Waals surface area contributed by atoms with Gasteiger partial charge in [0.1, 0.15) is 0 Å². The van der Waals surface area contributed by atoms with Crippen LogP contribution in [0.3, 0.4) is 0 Å². The summed E-state index contributed by atoms with van der Waals surface area (Å²) in [5.74, 6) is -2.56. The van der Waals surface area contributed by atoms with Crippen molar-refractivity contribution in [2.24, 2.45) is 0 Å². The third-order valence-corrected chi connectivity index (χ3v) is 4.70. The summed E-state index contributed by atoms with van der Waals surface area (Å²) in [6.07, 6.45) is 3.10. The summed E-state index contributed by atoms with van der Waals surface area (Å²) < 4.78 is 14.3. The number of carbonyl (C=O) groups excluding carboxylic acids is 4. The van der Waals surface area contributed by atoms with Gasteiger partial charge < -0.3 is 19.5 Å². The van der Waals surface area contributed by atoms with Crippen molar-refractivity contribution in [1.29, 1.82) is 0 Å². The lowest BCUT2D eigenvalue weighted by molar-refractivity contribution is -0.119. The maximum atomic E-state index is 12.2. The van der Waals surface area contributed by atoms with Gasteiger partial charge in [0.2, 0.25) is 0 Å². The highest BCUT2D eigenvalue weighted by Crippen LogP contribution is 2.20. The number of thiazole rings is 1. The molecular formula is C20H16N4O7S. The largest absolute Gasteiger partial charge is 0.465 e. The quantitative estimate of drug-likeness (QED) is 0.413. The van der Waals surface area contributed by atoms with Gasteiger partial charge in [0.25, 0.3) is 5.91 Å². The van der Waals surface area contributed by atoms with Crippen LogP contribution in [0.4, 0.5) is 5.69 Å². The van der Waals surface area contributed by atoms with E-state index in [0.717, 1.165) is 11.3 Å². The second-order valence-corrected chi connectivity index (χ2v) is 6.87. The van der Waals surface area contributed by atoms with Crippen LogP contribution in [-0.4, -0.2) is 59.6 Å². The molecule has 3 rings (SSSR count). The van der Waals surface area contributed by atoms with Crippen LogP contribution in [-0.2, 0) is 19.0 Å². The summed E-state index contributed by atoms with van der Waals surface area (Å²) >= 11 is 1.16. The van der Waals surface area contributed by atoms with Gasteiger partial charge in [0, 0.05) is 23.5 Å². The number of nitrogens with one attached hydrogen (secondary N) is 1. The molecule has 1 aromatic carbocycles. The van der Waals surface area contributed by atoms with Crippen LogP contribution >= 0.6 is 11.3 Å². The van der Waals surface area contributed by atoms with Gasteiger partial charge in [-0.25, -0.2) is 29.3 Å². The second kappa shape index (κ2) is 10.2. The van der Waals surface area contributed by atoms with E-state index in [1.807, 2.05) is 0 Å². The van der Waals surface area contributed by atoms with Gasteiger partial charge in [-0.1, -0.05) is 0 Å². The maximum Gasteiger partial charge on any atom is 0.358 e. The molecule has 11 nitrogen and oxygen atoms in total. The zero-order valence-corrected chi connectivity index (χ0v) is 17.7. The first-order chi connectivity index (χ1) is 15.4. The monoisotopic (exact) mass is 456 g/mol. The predicted octanol–water partition coefficient (Wildman–Crippen LogP) is 1.97. The van der Waals surface area contributed by atoms with E-state index in [2.05, 4.69) is 29.7 Å². The number of amides is 1. The number of rotatable bonds is 7. The number of carbonyl (C=O) groups is 4. The van der Waals surface area contributed by atoms with Crippen LogP contribution in [0.25, 0.3) is 10.8 Å². The van der Waals surface area contributed by atoms with E-state index in [4.69, 9.17) is 4.74 Å². The zero-order valence-electron chi connectivity index (χ0n) is 16.9. The van der Waals surface area contributed by atoms with Crippen LogP contribution in [0.1, 0.15) is 31.2 Å². The van der Waals surface area contributed by atoms with Gasteiger partial charge in [0.05, 0.1) is 25.3 Å². The molecule has 2 heterocycles. The number of hydrogen-bond acceptors (Lipinski definition) is 11. The number of aromatic nitrogens is 3. The molecule has 0 saturated carbocycles. The van der Waals surface area contributed by atoms with Crippen molar-refractivity contribution in [3.05, 3.63) is 58.9 Å². The first-order valence-electron chi connectivity index (χ1n) is 8.93. The Kier molecular flexibility index (Phi) is 7.18. The van der Waals surface area contributed by atoms with Crippen LogP contribution in [0.2, 0.25) is 0 Å². The first-order valence-corrected chi connectivity index (χ1v) is 9.81. The zero-order chi connectivity index (χ0) is 23.1. The number of nitrogens with zero attached hydrogens (tertiary/aromatic N) is 3. The lowest BCUT2D eigenvalue weighted by Crippen LogP contribution is -2.21. The van der Waals surface area contributed by atoms with Crippen molar-refractivity contribution in [3.63, 3.8) is 0 Å². The molecule has 0 radical (unpaired) electrons. The molecule has 1 N–H and O–H groups in total. The Balaban J connectivity index is 1.64. The lowest BCUT2D eigenvalue weighted by atomic mass is 10.1. The minimum absolute atomic E-state index is 0.00548. The average Bonchev–Trinajstić information content (AvgIpc) is 3.32. The molecule has 12 heteroatoms. The molecule has 0 fully saturated rings. The van der Waals surface area contributed by atoms with E-state index in [1.165, 1.54) is 37.8 Å². The molecule has 0 spiro atoms. The van der Waals surface area contributed by atoms with E-state index in [1.54, 1.807) is 18.5 Å². The van der Waals surface area contributed by atoms with Crippen LogP contribution in [0, 0.1) is 0 Å². The highest BCUT2D eigenvalue weighted by molar-refractivity contribution is 7.13. The molecule has 0 atom stereocenters. The van der Waals surface area contributed by atoms with Crippen molar-refractivity contribution < 1.29 is 33.4 Å². The van der Waals surface area contributed by atoms with Crippen molar-refractivity contribution in [2.75, 3.05) is 26.1 Å². The second-order valence-electron chi connectivity index (χ2n) is 6.02. The van der Waals surface area contributed by atoms with Gasteiger partial charge in [-0.3, -0.25) is 4.79 Å². The topological polar surface area (TPSA) is 147 Å². The Labute approximate surface area is 185 Å². The SMILES string of the molecule is COC(=O)c1cc(NC(=O)COC(=O)c2csc(-c3ncccn3)n2)cc(C(=O)OC)c1. The summed E-state index contributed by atoms with van der Waals surface area (Å²) in [4.78, 5) is 60.3. The molecule has 164 valence electrons. The minimum atomic E-state index is -0.808. The van der Waals surface area contributed by atoms with Gasteiger partial charge in [-0.15, -0.1) is 11.3 Å². The number of ether oxygens (including phenoxy) is 3. The highest BCUT2D eigenvalue weighted by atomic mass is 32.1. The minimum Gasteiger partial charge on any atom is -0.465 e. The average molecular weight is 456 g/mol. The van der Waals surface area contributed by atoms with E-state index < -0.39 is 30.4 Å². The molecule has 1 amide bonds. The first kappa shape index (κ1) is 22.5. The van der Waals surface area contributed by atoms with E-state index in [0.29, 0.717) is 10.8 Å². The fourth-order valence-corrected chi connectivity index (χ4v) is 3.19. The van der Waals surface area contributed by atoms with Crippen LogP contribution in [0.15, 0.2) is 42.0 Å². The molecule has 0 aliphatic heterocycles. The predicted molar refractivity (Wildman–Crippen MR) is 111 cm³/mol. The molecule has 3 aromatic rings. The van der Waals surface area contributed by atoms with Crippen LogP contribution < -0.4 is 5.32 Å². The summed E-state index contributed by atoms with van der Waals surface area (Å²) in [6.45, 7) is -0.621. The van der Waals surface area contributed by atoms with Crippen molar-refractivity contribution in [2.45, 2.75) is 0 Å². The van der Waals surface area contributed by atoms with E-state index in [9.17, 15) is 19.2 Å². The Morgan fingerprint density at radius 1 is 0.938 bits per heavy atom. The Morgan fingerprint density at radius 3 is 2.16 bits per heavy atom. The van der Waals surface area contributed by atoms with Crippen molar-refractivity contribution in [3.8, 4) is 10.8 Å². The van der Waals surface area contributed by atoms with Crippen molar-refractivity contribution in [1.82, 2.24) is 15.0 Å². The summed E-state index contributed by atoms with van der Waals surface area (Å²) in [5, 5.41) is 4.34. The Bertz CT molecular complexity index is 1130. The molecule has 0 unspecified atom stereocenters. The molecule has 0 aliphatic rings.